The predicted octanol–water partition coefficient (Wildman–Crippen LogP) is 0.636. The van der Waals surface area contributed by atoms with Crippen LogP contribution in [0, 0.1) is 0 Å². The summed E-state index contributed by atoms with van der Waals surface area (Å²) < 4.78 is 0. The Morgan fingerprint density at radius 3 is 2.50 bits per heavy atom. The number of nitrogens with one attached hydrogen (secondary N) is 3. The van der Waals surface area contributed by atoms with Crippen LogP contribution in [0.5, 0.6) is 0 Å². The van der Waals surface area contributed by atoms with Gasteiger partial charge in [0.05, 0.1) is 0 Å². The molecule has 1 fully saturated rings. The number of carbonyl (C=O) groups excluding carboxylic acids is 3. The number of aromatic nitrogens is 1. The third-order valence-electron chi connectivity index (χ3n) is 4.06. The number of hydrogen-bond donors (Lipinski definition) is 3. The second-order valence-electron chi connectivity index (χ2n) is 5.78. The normalized spacial score (nSPS) is 13.9. The second kappa shape index (κ2) is 7.16. The van der Waals surface area contributed by atoms with Crippen LogP contribution in [0.1, 0.15) is 23.3 Å². The molecule has 0 bridgehead atoms. The quantitative estimate of drug-likeness (QED) is 0.568. The fourth-order valence-electron chi connectivity index (χ4n) is 2.78. The van der Waals surface area contributed by atoms with Gasteiger partial charge < -0.3 is 20.5 Å². The summed E-state index contributed by atoms with van der Waals surface area (Å²) in [5, 5.41) is 6.22. The summed E-state index contributed by atoms with van der Waals surface area (Å²) in [7, 11) is 0. The number of carbonyl (C=O) groups is 3. The first-order chi connectivity index (χ1) is 11.6. The van der Waals surface area contributed by atoms with E-state index in [0.717, 1.165) is 23.7 Å². The van der Waals surface area contributed by atoms with Crippen LogP contribution in [-0.4, -0.2) is 53.8 Å². The van der Waals surface area contributed by atoms with Crippen molar-refractivity contribution in [1.82, 2.24) is 20.5 Å². The molecular weight excluding hydrogens is 308 g/mol. The topological polar surface area (TPSA) is 94.3 Å². The van der Waals surface area contributed by atoms with Gasteiger partial charge in [0.25, 0.3) is 5.91 Å². The minimum absolute atomic E-state index is 0.213. The molecule has 3 rings (SSSR count). The number of amides is 3. The number of rotatable bonds is 4. The van der Waals surface area contributed by atoms with Gasteiger partial charge in [-0.3, -0.25) is 14.4 Å². The lowest BCUT2D eigenvalue weighted by molar-refractivity contribution is -0.145. The summed E-state index contributed by atoms with van der Waals surface area (Å²) in [6.07, 6.45) is 1.89. The lowest BCUT2D eigenvalue weighted by Crippen LogP contribution is -2.44. The molecule has 3 amide bonds. The Morgan fingerprint density at radius 1 is 1.04 bits per heavy atom. The second-order valence-corrected chi connectivity index (χ2v) is 5.78. The SMILES string of the molecule is O=C(NCCNC(=O)c1cc2ccccc2[nH]1)C(=O)N1CCCC1. The van der Waals surface area contributed by atoms with Gasteiger partial charge in [-0.05, 0) is 25.0 Å². The van der Waals surface area contributed by atoms with Gasteiger partial charge in [0.2, 0.25) is 0 Å². The fraction of sp³-hybridized carbons (Fsp3) is 0.353. The Hall–Kier alpha value is -2.83. The highest BCUT2D eigenvalue weighted by Crippen LogP contribution is 2.14. The zero-order valence-electron chi connectivity index (χ0n) is 13.3. The maximum atomic E-state index is 12.1. The number of nitrogens with zero attached hydrogens (tertiary/aromatic N) is 1. The van der Waals surface area contributed by atoms with Gasteiger partial charge in [0, 0.05) is 37.1 Å². The predicted molar refractivity (Wildman–Crippen MR) is 89.5 cm³/mol. The Morgan fingerprint density at radius 2 is 1.75 bits per heavy atom. The molecule has 0 spiro atoms. The van der Waals surface area contributed by atoms with E-state index in [1.807, 2.05) is 24.3 Å². The zero-order valence-corrected chi connectivity index (χ0v) is 13.3. The van der Waals surface area contributed by atoms with E-state index in [1.165, 1.54) is 0 Å². The molecule has 1 aromatic carbocycles. The van der Waals surface area contributed by atoms with Crippen molar-refractivity contribution in [2.45, 2.75) is 12.8 Å². The minimum Gasteiger partial charge on any atom is -0.351 e. The van der Waals surface area contributed by atoms with Crippen molar-refractivity contribution in [2.75, 3.05) is 26.2 Å². The van der Waals surface area contributed by atoms with E-state index in [1.54, 1.807) is 11.0 Å². The first-order valence-corrected chi connectivity index (χ1v) is 8.08. The molecule has 0 unspecified atom stereocenters. The number of fused-ring (bicyclic) bond motifs is 1. The maximum Gasteiger partial charge on any atom is 0.311 e. The number of benzene rings is 1. The molecule has 24 heavy (non-hydrogen) atoms. The van der Waals surface area contributed by atoms with E-state index in [0.29, 0.717) is 18.8 Å². The average Bonchev–Trinajstić information content (AvgIpc) is 3.26. The van der Waals surface area contributed by atoms with Crippen LogP contribution in [0.4, 0.5) is 0 Å². The number of hydrogen-bond acceptors (Lipinski definition) is 3. The maximum absolute atomic E-state index is 12.1. The van der Waals surface area contributed by atoms with E-state index in [4.69, 9.17) is 0 Å². The van der Waals surface area contributed by atoms with Crippen LogP contribution >= 0.6 is 0 Å². The van der Waals surface area contributed by atoms with Crippen LogP contribution < -0.4 is 10.6 Å². The van der Waals surface area contributed by atoms with Crippen LogP contribution in [0.3, 0.4) is 0 Å². The molecule has 0 radical (unpaired) electrons. The molecule has 126 valence electrons. The van der Waals surface area contributed by atoms with E-state index >= 15 is 0 Å². The molecule has 1 aliphatic rings. The molecule has 0 saturated carbocycles. The third kappa shape index (κ3) is 3.56. The molecule has 2 heterocycles. The smallest absolute Gasteiger partial charge is 0.311 e. The van der Waals surface area contributed by atoms with Crippen molar-refractivity contribution < 1.29 is 14.4 Å². The van der Waals surface area contributed by atoms with Crippen molar-refractivity contribution in [1.29, 1.82) is 0 Å². The highest BCUT2D eigenvalue weighted by atomic mass is 16.2. The lowest BCUT2D eigenvalue weighted by atomic mass is 10.2. The van der Waals surface area contributed by atoms with Crippen LogP contribution in [0.15, 0.2) is 30.3 Å². The standard InChI is InChI=1S/C17H20N4O3/c22-15(14-11-12-5-1-2-6-13(12)20-14)18-7-8-19-16(23)17(24)21-9-3-4-10-21/h1-2,5-6,11,20H,3-4,7-10H2,(H,18,22)(H,19,23). The molecule has 0 atom stereocenters. The van der Waals surface area contributed by atoms with Gasteiger partial charge >= 0.3 is 11.8 Å². The van der Waals surface area contributed by atoms with Crippen molar-refractivity contribution in [3.63, 3.8) is 0 Å². The molecule has 1 aromatic heterocycles. The van der Waals surface area contributed by atoms with E-state index < -0.39 is 11.8 Å². The van der Waals surface area contributed by atoms with Crippen LogP contribution in [0.2, 0.25) is 0 Å². The van der Waals surface area contributed by atoms with Crippen molar-refractivity contribution in [3.05, 3.63) is 36.0 Å². The van der Waals surface area contributed by atoms with Gasteiger partial charge in [-0.25, -0.2) is 0 Å². The minimum atomic E-state index is -0.614. The van der Waals surface area contributed by atoms with Crippen LogP contribution in [0.25, 0.3) is 10.9 Å². The molecule has 7 nitrogen and oxygen atoms in total. The molecular formula is C17H20N4O3. The van der Waals surface area contributed by atoms with E-state index in [2.05, 4.69) is 15.6 Å². The summed E-state index contributed by atoms with van der Waals surface area (Å²) >= 11 is 0. The fourth-order valence-corrected chi connectivity index (χ4v) is 2.78. The number of aromatic amines is 1. The van der Waals surface area contributed by atoms with Crippen molar-refractivity contribution in [3.8, 4) is 0 Å². The number of para-hydroxylation sites is 1. The zero-order chi connectivity index (χ0) is 16.9. The third-order valence-corrected chi connectivity index (χ3v) is 4.06. The van der Waals surface area contributed by atoms with Gasteiger partial charge in [-0.1, -0.05) is 18.2 Å². The molecule has 0 aliphatic carbocycles. The highest BCUT2D eigenvalue weighted by Gasteiger charge is 2.23. The highest BCUT2D eigenvalue weighted by molar-refractivity contribution is 6.35. The number of H-pyrrole nitrogens is 1. The Balaban J connectivity index is 1.43. The summed E-state index contributed by atoms with van der Waals surface area (Å²) in [6, 6.07) is 9.40. The number of likely N-dealkylation sites (tertiary alicyclic amines) is 1. The van der Waals surface area contributed by atoms with E-state index in [-0.39, 0.29) is 19.0 Å². The summed E-state index contributed by atoms with van der Waals surface area (Å²) in [5.74, 6) is -1.35. The first-order valence-electron chi connectivity index (χ1n) is 8.08. The summed E-state index contributed by atoms with van der Waals surface area (Å²) in [6.45, 7) is 1.75. The largest absolute Gasteiger partial charge is 0.351 e. The molecule has 3 N–H and O–H groups in total. The van der Waals surface area contributed by atoms with Gasteiger partial charge in [0.1, 0.15) is 5.69 Å². The Labute approximate surface area is 139 Å². The van der Waals surface area contributed by atoms with Crippen molar-refractivity contribution in [2.24, 2.45) is 0 Å². The monoisotopic (exact) mass is 328 g/mol. The molecule has 1 aliphatic heterocycles. The summed E-state index contributed by atoms with van der Waals surface area (Å²) in [5.41, 5.74) is 1.36. The van der Waals surface area contributed by atoms with Crippen LogP contribution in [-0.2, 0) is 9.59 Å². The summed E-state index contributed by atoms with van der Waals surface area (Å²) in [4.78, 5) is 40.2. The van der Waals surface area contributed by atoms with Crippen molar-refractivity contribution >= 4 is 28.6 Å². The van der Waals surface area contributed by atoms with Gasteiger partial charge in [-0.15, -0.1) is 0 Å². The van der Waals surface area contributed by atoms with Gasteiger partial charge in [-0.2, -0.15) is 0 Å². The molecule has 2 aromatic rings. The van der Waals surface area contributed by atoms with E-state index in [9.17, 15) is 14.4 Å². The molecule has 1 saturated heterocycles. The first kappa shape index (κ1) is 16.0. The average molecular weight is 328 g/mol. The molecule has 7 heteroatoms. The van der Waals surface area contributed by atoms with Gasteiger partial charge in [0.15, 0.2) is 0 Å². The Bertz CT molecular complexity index is 729. The Kier molecular flexibility index (Phi) is 4.79. The lowest BCUT2D eigenvalue weighted by Gasteiger charge is -2.14.